The van der Waals surface area contributed by atoms with Crippen LogP contribution in [0.1, 0.15) is 11.9 Å². The van der Waals surface area contributed by atoms with Gasteiger partial charge in [-0.05, 0) is 6.07 Å². The SMILES string of the molecule is O=C1CNC(c2nc(-c3ccncn3)no2)CN1. The molecule has 2 aromatic rings. The van der Waals surface area contributed by atoms with E-state index in [0.29, 0.717) is 24.0 Å². The third-order valence-corrected chi connectivity index (χ3v) is 2.56. The van der Waals surface area contributed by atoms with Crippen molar-refractivity contribution in [3.8, 4) is 11.5 Å². The van der Waals surface area contributed by atoms with Crippen molar-refractivity contribution in [3.05, 3.63) is 24.5 Å². The van der Waals surface area contributed by atoms with Gasteiger partial charge in [0.2, 0.25) is 17.6 Å². The summed E-state index contributed by atoms with van der Waals surface area (Å²) in [4.78, 5) is 23.1. The van der Waals surface area contributed by atoms with Gasteiger partial charge in [0.25, 0.3) is 0 Å². The standard InChI is InChI=1S/C10H10N6O2/c17-8-4-12-7(3-13-8)10-15-9(16-18-10)6-1-2-11-5-14-6/h1-2,5,7,12H,3-4H2,(H,13,17). The molecule has 0 bridgehead atoms. The van der Waals surface area contributed by atoms with Crippen molar-refractivity contribution in [3.63, 3.8) is 0 Å². The number of carbonyl (C=O) groups is 1. The van der Waals surface area contributed by atoms with Crippen molar-refractivity contribution in [1.82, 2.24) is 30.7 Å². The van der Waals surface area contributed by atoms with E-state index in [-0.39, 0.29) is 18.5 Å². The maximum absolute atomic E-state index is 11.0. The summed E-state index contributed by atoms with van der Waals surface area (Å²) in [7, 11) is 0. The van der Waals surface area contributed by atoms with E-state index in [2.05, 4.69) is 30.7 Å². The molecule has 0 aliphatic carbocycles. The van der Waals surface area contributed by atoms with Crippen LogP contribution < -0.4 is 10.6 Å². The van der Waals surface area contributed by atoms with Crippen LogP contribution in [-0.4, -0.2) is 39.1 Å². The third kappa shape index (κ3) is 2.05. The second-order valence-corrected chi connectivity index (χ2v) is 3.79. The van der Waals surface area contributed by atoms with Crippen LogP contribution in [0, 0.1) is 0 Å². The topological polar surface area (TPSA) is 106 Å². The summed E-state index contributed by atoms with van der Waals surface area (Å²) >= 11 is 0. The Morgan fingerprint density at radius 1 is 1.44 bits per heavy atom. The van der Waals surface area contributed by atoms with E-state index >= 15 is 0 Å². The molecular weight excluding hydrogens is 236 g/mol. The normalized spacial score (nSPS) is 19.6. The first-order chi connectivity index (χ1) is 8.83. The molecular formula is C10H10N6O2. The van der Waals surface area contributed by atoms with Crippen LogP contribution in [0.4, 0.5) is 0 Å². The van der Waals surface area contributed by atoms with Gasteiger partial charge < -0.3 is 9.84 Å². The number of nitrogens with one attached hydrogen (secondary N) is 2. The summed E-state index contributed by atoms with van der Waals surface area (Å²) in [6.45, 7) is 0.681. The number of amides is 1. The molecule has 1 amide bonds. The summed E-state index contributed by atoms with van der Waals surface area (Å²) in [6.07, 6.45) is 3.03. The zero-order valence-electron chi connectivity index (χ0n) is 9.33. The summed E-state index contributed by atoms with van der Waals surface area (Å²) < 4.78 is 5.16. The fourth-order valence-corrected chi connectivity index (χ4v) is 1.64. The highest BCUT2D eigenvalue weighted by Gasteiger charge is 2.24. The van der Waals surface area contributed by atoms with Gasteiger partial charge in [0.15, 0.2) is 0 Å². The molecule has 2 N–H and O–H groups in total. The van der Waals surface area contributed by atoms with Crippen molar-refractivity contribution in [2.45, 2.75) is 6.04 Å². The van der Waals surface area contributed by atoms with E-state index in [0.717, 1.165) is 0 Å². The minimum Gasteiger partial charge on any atom is -0.353 e. The van der Waals surface area contributed by atoms with E-state index in [1.54, 1.807) is 12.3 Å². The zero-order chi connectivity index (χ0) is 12.4. The summed E-state index contributed by atoms with van der Waals surface area (Å²) in [5.74, 6) is 0.802. The molecule has 3 heterocycles. The number of rotatable bonds is 2. The van der Waals surface area contributed by atoms with Crippen LogP contribution in [0.2, 0.25) is 0 Å². The van der Waals surface area contributed by atoms with Gasteiger partial charge in [-0.3, -0.25) is 10.1 Å². The van der Waals surface area contributed by atoms with Crippen LogP contribution in [-0.2, 0) is 4.79 Å². The summed E-state index contributed by atoms with van der Waals surface area (Å²) in [5, 5.41) is 9.59. The zero-order valence-corrected chi connectivity index (χ0v) is 9.33. The van der Waals surface area contributed by atoms with Gasteiger partial charge in [-0.2, -0.15) is 4.98 Å². The van der Waals surface area contributed by atoms with Crippen LogP contribution in [0.3, 0.4) is 0 Å². The smallest absolute Gasteiger partial charge is 0.245 e. The average molecular weight is 246 g/mol. The minimum absolute atomic E-state index is 0.0400. The lowest BCUT2D eigenvalue weighted by Crippen LogP contribution is -2.47. The van der Waals surface area contributed by atoms with Crippen LogP contribution in [0.25, 0.3) is 11.5 Å². The van der Waals surface area contributed by atoms with Crippen molar-refractivity contribution >= 4 is 5.91 Å². The molecule has 18 heavy (non-hydrogen) atoms. The molecule has 1 aliphatic heterocycles. The number of hydrogen-bond acceptors (Lipinski definition) is 7. The third-order valence-electron chi connectivity index (χ3n) is 2.56. The van der Waals surface area contributed by atoms with Crippen molar-refractivity contribution < 1.29 is 9.32 Å². The maximum atomic E-state index is 11.0. The van der Waals surface area contributed by atoms with Crippen molar-refractivity contribution in [2.24, 2.45) is 0 Å². The Morgan fingerprint density at radius 2 is 2.39 bits per heavy atom. The highest BCUT2D eigenvalue weighted by molar-refractivity contribution is 5.78. The molecule has 0 radical (unpaired) electrons. The lowest BCUT2D eigenvalue weighted by atomic mass is 10.2. The highest BCUT2D eigenvalue weighted by atomic mass is 16.5. The first kappa shape index (κ1) is 10.8. The number of nitrogens with zero attached hydrogens (tertiary/aromatic N) is 4. The average Bonchev–Trinajstić information content (AvgIpc) is 2.90. The van der Waals surface area contributed by atoms with E-state index in [4.69, 9.17) is 4.52 Å². The van der Waals surface area contributed by atoms with Crippen LogP contribution in [0.5, 0.6) is 0 Å². The lowest BCUT2D eigenvalue weighted by Gasteiger charge is -2.20. The fraction of sp³-hybridized carbons (Fsp3) is 0.300. The highest BCUT2D eigenvalue weighted by Crippen LogP contribution is 2.16. The molecule has 0 aromatic carbocycles. The van der Waals surface area contributed by atoms with Gasteiger partial charge in [-0.25, -0.2) is 9.97 Å². The molecule has 1 saturated heterocycles. The quantitative estimate of drug-likeness (QED) is 0.720. The Hall–Kier alpha value is -2.35. The first-order valence-corrected chi connectivity index (χ1v) is 5.43. The van der Waals surface area contributed by atoms with Crippen LogP contribution in [0.15, 0.2) is 23.1 Å². The molecule has 1 atom stereocenters. The predicted octanol–water partition coefficient (Wildman–Crippen LogP) is -0.713. The molecule has 1 fully saturated rings. The molecule has 2 aromatic heterocycles. The molecule has 0 spiro atoms. The van der Waals surface area contributed by atoms with Gasteiger partial charge in [-0.1, -0.05) is 5.16 Å². The molecule has 3 rings (SSSR count). The first-order valence-electron chi connectivity index (χ1n) is 5.43. The number of carbonyl (C=O) groups excluding carboxylic acids is 1. The van der Waals surface area contributed by atoms with Gasteiger partial charge in [0, 0.05) is 12.7 Å². The number of piperazine rings is 1. The Morgan fingerprint density at radius 3 is 3.11 bits per heavy atom. The number of aromatic nitrogens is 4. The second kappa shape index (κ2) is 4.49. The molecule has 8 heteroatoms. The minimum atomic E-state index is -0.161. The van der Waals surface area contributed by atoms with E-state index in [9.17, 15) is 4.79 Å². The predicted molar refractivity (Wildman–Crippen MR) is 59.1 cm³/mol. The molecule has 0 saturated carbocycles. The maximum Gasteiger partial charge on any atom is 0.245 e. The molecule has 1 aliphatic rings. The van der Waals surface area contributed by atoms with Gasteiger partial charge in [0.1, 0.15) is 18.1 Å². The van der Waals surface area contributed by atoms with Crippen LogP contribution >= 0.6 is 0 Å². The van der Waals surface area contributed by atoms with E-state index in [1.165, 1.54) is 6.33 Å². The van der Waals surface area contributed by atoms with Crippen molar-refractivity contribution in [1.29, 1.82) is 0 Å². The van der Waals surface area contributed by atoms with E-state index in [1.807, 2.05) is 0 Å². The van der Waals surface area contributed by atoms with Crippen molar-refractivity contribution in [2.75, 3.05) is 13.1 Å². The van der Waals surface area contributed by atoms with Gasteiger partial charge in [0.05, 0.1) is 6.54 Å². The second-order valence-electron chi connectivity index (χ2n) is 3.79. The number of hydrogen-bond donors (Lipinski definition) is 2. The molecule has 1 unspecified atom stereocenters. The lowest BCUT2D eigenvalue weighted by molar-refractivity contribution is -0.121. The van der Waals surface area contributed by atoms with Gasteiger partial charge >= 0.3 is 0 Å². The fourth-order valence-electron chi connectivity index (χ4n) is 1.64. The summed E-state index contributed by atoms with van der Waals surface area (Å²) in [5.41, 5.74) is 0.597. The van der Waals surface area contributed by atoms with E-state index < -0.39 is 0 Å². The van der Waals surface area contributed by atoms with Gasteiger partial charge in [-0.15, -0.1) is 0 Å². The Kier molecular flexibility index (Phi) is 2.69. The Labute approximate surface area is 102 Å². The Bertz CT molecular complexity index is 545. The molecule has 92 valence electrons. The molecule has 8 nitrogen and oxygen atoms in total. The monoisotopic (exact) mass is 246 g/mol. The summed E-state index contributed by atoms with van der Waals surface area (Å²) in [6, 6.07) is 1.54. The Balaban J connectivity index is 1.80. The largest absolute Gasteiger partial charge is 0.353 e.